The maximum absolute atomic E-state index is 12.8. The Hall–Kier alpha value is -2.82. The van der Waals surface area contributed by atoms with E-state index in [-0.39, 0.29) is 17.0 Å². The number of ether oxygens (including phenoxy) is 1. The van der Waals surface area contributed by atoms with Crippen LogP contribution in [0.3, 0.4) is 0 Å². The Balaban J connectivity index is 1.31. The summed E-state index contributed by atoms with van der Waals surface area (Å²) in [6.45, 7) is 6.08. The number of pyridine rings is 1. The van der Waals surface area contributed by atoms with E-state index in [9.17, 15) is 14.7 Å². The summed E-state index contributed by atoms with van der Waals surface area (Å²) in [5.74, 6) is -0.186. The molecule has 1 saturated heterocycles. The van der Waals surface area contributed by atoms with E-state index in [0.29, 0.717) is 43.0 Å². The number of carbonyl (C=O) groups excluding carboxylic acids is 2. The number of rotatable bonds is 9. The van der Waals surface area contributed by atoms with Gasteiger partial charge in [0.15, 0.2) is 6.29 Å². The van der Waals surface area contributed by atoms with Gasteiger partial charge in [0, 0.05) is 50.0 Å². The van der Waals surface area contributed by atoms with Crippen molar-refractivity contribution in [1.29, 1.82) is 0 Å². The van der Waals surface area contributed by atoms with E-state index in [4.69, 9.17) is 16.3 Å². The highest BCUT2D eigenvalue weighted by molar-refractivity contribution is 6.30. The number of nitrogens with zero attached hydrogens (tertiary/aromatic N) is 4. The van der Waals surface area contributed by atoms with E-state index in [1.54, 1.807) is 0 Å². The summed E-state index contributed by atoms with van der Waals surface area (Å²) in [5, 5.41) is 16.6. The van der Waals surface area contributed by atoms with Crippen LogP contribution < -0.4 is 15.5 Å². The van der Waals surface area contributed by atoms with Crippen molar-refractivity contribution in [3.63, 3.8) is 0 Å². The first-order valence-electron chi connectivity index (χ1n) is 11.9. The van der Waals surface area contributed by atoms with Crippen molar-refractivity contribution in [3.05, 3.63) is 46.8 Å². The normalized spacial score (nSPS) is 18.1. The number of carbonyl (C=O) groups is 2. The van der Waals surface area contributed by atoms with Gasteiger partial charge in [-0.25, -0.2) is 15.0 Å². The molecule has 2 fully saturated rings. The number of aryl methyl sites for hydroxylation is 1. The lowest BCUT2D eigenvalue weighted by Crippen LogP contribution is -2.50. The number of aliphatic hydroxyl groups is 1. The van der Waals surface area contributed by atoms with Gasteiger partial charge < -0.3 is 25.4 Å². The van der Waals surface area contributed by atoms with Crippen LogP contribution in [0.5, 0.6) is 0 Å². The minimum Gasteiger partial charge on any atom is -0.371 e. The Morgan fingerprint density at radius 1 is 1.29 bits per heavy atom. The van der Waals surface area contributed by atoms with Crippen LogP contribution in [0.25, 0.3) is 0 Å². The lowest BCUT2D eigenvalue weighted by Gasteiger charge is -2.35. The molecule has 1 saturated carbocycles. The van der Waals surface area contributed by atoms with Crippen LogP contribution in [0.4, 0.5) is 5.69 Å². The maximum atomic E-state index is 12.8. The van der Waals surface area contributed by atoms with E-state index < -0.39 is 11.8 Å². The maximum Gasteiger partial charge on any atom is 0.255 e. The molecule has 0 aromatic carbocycles. The average Bonchev–Trinajstić information content (AvgIpc) is 3.63. The monoisotopic (exact) mass is 502 g/mol. The molecule has 4 rings (SSSR count). The SMILES string of the molecule is CCOC(O)c1c(N2CCC(CNC(=O)C3(NC(=O)c4cncnc4)CC3)CC2)cc(C)nc1Cl. The van der Waals surface area contributed by atoms with Gasteiger partial charge in [0.2, 0.25) is 5.91 Å². The van der Waals surface area contributed by atoms with Crippen molar-refractivity contribution in [1.82, 2.24) is 25.6 Å². The molecular formula is C24H31ClN6O4. The smallest absolute Gasteiger partial charge is 0.255 e. The zero-order chi connectivity index (χ0) is 25.0. The van der Waals surface area contributed by atoms with Crippen molar-refractivity contribution >= 4 is 29.1 Å². The summed E-state index contributed by atoms with van der Waals surface area (Å²) in [4.78, 5) is 39.4. The molecule has 2 amide bonds. The number of aromatic nitrogens is 3. The van der Waals surface area contributed by atoms with E-state index in [0.717, 1.165) is 37.3 Å². The Morgan fingerprint density at radius 2 is 1.97 bits per heavy atom. The molecule has 2 aliphatic rings. The molecule has 1 aliphatic carbocycles. The summed E-state index contributed by atoms with van der Waals surface area (Å²) >= 11 is 6.36. The summed E-state index contributed by atoms with van der Waals surface area (Å²) in [7, 11) is 0. The average molecular weight is 503 g/mol. The molecule has 1 aliphatic heterocycles. The van der Waals surface area contributed by atoms with Gasteiger partial charge in [-0.05, 0) is 51.5 Å². The van der Waals surface area contributed by atoms with Crippen LogP contribution in [0.15, 0.2) is 24.8 Å². The van der Waals surface area contributed by atoms with E-state index >= 15 is 0 Å². The zero-order valence-corrected chi connectivity index (χ0v) is 20.7. The number of anilines is 1. The second kappa shape index (κ2) is 10.8. The molecule has 2 aromatic rings. The number of hydrogen-bond acceptors (Lipinski definition) is 8. The minimum atomic E-state index is -1.14. The molecule has 3 N–H and O–H groups in total. The van der Waals surface area contributed by atoms with Gasteiger partial charge in [-0.15, -0.1) is 0 Å². The molecule has 188 valence electrons. The molecule has 0 radical (unpaired) electrons. The Labute approximate surface area is 209 Å². The Kier molecular flexibility index (Phi) is 7.83. The number of nitrogens with one attached hydrogen (secondary N) is 2. The number of halogens is 1. The second-order valence-corrected chi connectivity index (χ2v) is 9.46. The van der Waals surface area contributed by atoms with Crippen molar-refractivity contribution in [2.75, 3.05) is 31.1 Å². The number of piperidine rings is 1. The van der Waals surface area contributed by atoms with Crippen molar-refractivity contribution in [3.8, 4) is 0 Å². The first kappa shape index (κ1) is 25.3. The van der Waals surface area contributed by atoms with Crippen LogP contribution in [0.2, 0.25) is 5.15 Å². The fourth-order valence-electron chi connectivity index (χ4n) is 4.38. The summed E-state index contributed by atoms with van der Waals surface area (Å²) in [6, 6.07) is 1.92. The van der Waals surface area contributed by atoms with Crippen LogP contribution in [0, 0.1) is 12.8 Å². The van der Waals surface area contributed by atoms with Gasteiger partial charge in [-0.3, -0.25) is 9.59 Å². The highest BCUT2D eigenvalue weighted by Gasteiger charge is 2.51. The number of aliphatic hydroxyl groups excluding tert-OH is 1. The van der Waals surface area contributed by atoms with Gasteiger partial charge in [-0.1, -0.05) is 11.6 Å². The van der Waals surface area contributed by atoms with Crippen molar-refractivity contribution < 1.29 is 19.4 Å². The summed E-state index contributed by atoms with van der Waals surface area (Å²) in [6.07, 6.45) is 6.04. The lowest BCUT2D eigenvalue weighted by molar-refractivity contribution is -0.124. The van der Waals surface area contributed by atoms with E-state index in [1.165, 1.54) is 18.7 Å². The fourth-order valence-corrected chi connectivity index (χ4v) is 4.71. The molecule has 1 atom stereocenters. The first-order valence-corrected chi connectivity index (χ1v) is 12.3. The highest BCUT2D eigenvalue weighted by Crippen LogP contribution is 2.37. The zero-order valence-electron chi connectivity index (χ0n) is 20.0. The highest BCUT2D eigenvalue weighted by atomic mass is 35.5. The predicted molar refractivity (Wildman–Crippen MR) is 130 cm³/mol. The van der Waals surface area contributed by atoms with Gasteiger partial charge >= 0.3 is 0 Å². The predicted octanol–water partition coefficient (Wildman–Crippen LogP) is 2.16. The molecule has 3 heterocycles. The van der Waals surface area contributed by atoms with Crippen LogP contribution in [-0.4, -0.2) is 63.7 Å². The third-order valence-electron chi connectivity index (χ3n) is 6.56. The third-order valence-corrected chi connectivity index (χ3v) is 6.84. The molecule has 10 nitrogen and oxygen atoms in total. The molecule has 2 aromatic heterocycles. The number of hydrogen-bond donors (Lipinski definition) is 3. The lowest BCUT2D eigenvalue weighted by atomic mass is 9.95. The molecule has 11 heteroatoms. The summed E-state index contributed by atoms with van der Waals surface area (Å²) in [5.41, 5.74) is 1.57. The molecular weight excluding hydrogens is 472 g/mol. The molecule has 1 unspecified atom stereocenters. The summed E-state index contributed by atoms with van der Waals surface area (Å²) < 4.78 is 5.38. The third kappa shape index (κ3) is 5.88. The standard InChI is InChI=1S/C24H31ClN6O4/c1-3-35-22(33)19-18(10-15(2)29-20(19)25)31-8-4-16(5-9-31)11-28-23(34)24(6-7-24)30-21(32)17-12-26-14-27-13-17/h10,12-14,16,22,33H,3-9,11H2,1-2H3,(H,28,34)(H,30,32). The van der Waals surface area contributed by atoms with Gasteiger partial charge in [0.25, 0.3) is 5.91 Å². The Bertz CT molecular complexity index is 1060. The van der Waals surface area contributed by atoms with Crippen LogP contribution >= 0.6 is 11.6 Å². The van der Waals surface area contributed by atoms with E-state index in [1.807, 2.05) is 19.9 Å². The molecule has 35 heavy (non-hydrogen) atoms. The van der Waals surface area contributed by atoms with Crippen molar-refractivity contribution in [2.24, 2.45) is 5.92 Å². The topological polar surface area (TPSA) is 130 Å². The van der Waals surface area contributed by atoms with Crippen molar-refractivity contribution in [2.45, 2.75) is 51.4 Å². The second-order valence-electron chi connectivity index (χ2n) is 9.10. The molecule has 0 spiro atoms. The Morgan fingerprint density at radius 3 is 2.60 bits per heavy atom. The van der Waals surface area contributed by atoms with E-state index in [2.05, 4.69) is 30.5 Å². The first-order chi connectivity index (χ1) is 16.8. The van der Waals surface area contributed by atoms with Gasteiger partial charge in [0.05, 0.1) is 11.1 Å². The fraction of sp³-hybridized carbons (Fsp3) is 0.542. The minimum absolute atomic E-state index is 0.149. The quantitative estimate of drug-likeness (QED) is 0.351. The van der Waals surface area contributed by atoms with Crippen LogP contribution in [-0.2, 0) is 9.53 Å². The molecule has 0 bridgehead atoms. The largest absolute Gasteiger partial charge is 0.371 e. The van der Waals surface area contributed by atoms with Gasteiger partial charge in [-0.2, -0.15) is 0 Å². The number of amides is 2. The van der Waals surface area contributed by atoms with Gasteiger partial charge in [0.1, 0.15) is 17.0 Å². The van der Waals surface area contributed by atoms with Crippen LogP contribution in [0.1, 0.15) is 60.5 Å².